The molecule has 5 heteroatoms. The van der Waals surface area contributed by atoms with E-state index in [0.29, 0.717) is 16.7 Å². The van der Waals surface area contributed by atoms with Crippen molar-refractivity contribution >= 4 is 11.4 Å². The highest BCUT2D eigenvalue weighted by molar-refractivity contribution is 5.65. The Hall–Kier alpha value is -2.09. The fourth-order valence-electron chi connectivity index (χ4n) is 3.85. The molecule has 0 atom stereocenters. The van der Waals surface area contributed by atoms with Crippen molar-refractivity contribution in [2.75, 3.05) is 18.0 Å². The third-order valence-electron chi connectivity index (χ3n) is 5.13. The zero-order valence-electron chi connectivity index (χ0n) is 12.0. The number of nitro groups is 1. The molecular formula is C16H19N3O2. The van der Waals surface area contributed by atoms with E-state index in [1.165, 1.54) is 31.7 Å². The number of nitriles is 1. The summed E-state index contributed by atoms with van der Waals surface area (Å²) in [5.41, 5.74) is 1.55. The van der Waals surface area contributed by atoms with Crippen LogP contribution in [-0.4, -0.2) is 18.0 Å². The first-order valence-corrected chi connectivity index (χ1v) is 7.57. The van der Waals surface area contributed by atoms with Crippen molar-refractivity contribution in [1.29, 1.82) is 5.26 Å². The summed E-state index contributed by atoms with van der Waals surface area (Å²) in [6.07, 6.45) is 7.55. The summed E-state index contributed by atoms with van der Waals surface area (Å²) in [7, 11) is 0. The van der Waals surface area contributed by atoms with Gasteiger partial charge in [0.15, 0.2) is 0 Å². The maximum absolute atomic E-state index is 11.3. The van der Waals surface area contributed by atoms with Gasteiger partial charge in [-0.25, -0.2) is 0 Å². The number of piperidine rings is 1. The number of anilines is 1. The molecular weight excluding hydrogens is 266 g/mol. The van der Waals surface area contributed by atoms with Crippen LogP contribution in [0.25, 0.3) is 0 Å². The van der Waals surface area contributed by atoms with Crippen LogP contribution in [-0.2, 0) is 0 Å². The number of hydrogen-bond donors (Lipinski definition) is 0. The van der Waals surface area contributed by atoms with Crippen LogP contribution in [0.15, 0.2) is 18.2 Å². The molecule has 1 heterocycles. The first-order chi connectivity index (χ1) is 10.1. The minimum atomic E-state index is -0.379. The fraction of sp³-hybridized carbons (Fsp3) is 0.562. The van der Waals surface area contributed by atoms with E-state index >= 15 is 0 Å². The predicted molar refractivity (Wildman–Crippen MR) is 80.2 cm³/mol. The SMILES string of the molecule is N#Cc1ccc(N2CCC3(CCCC3)CC2)c([N+](=O)[O-])c1. The van der Waals surface area contributed by atoms with Gasteiger partial charge in [0.05, 0.1) is 16.6 Å². The quantitative estimate of drug-likeness (QED) is 0.614. The maximum Gasteiger partial charge on any atom is 0.293 e. The monoisotopic (exact) mass is 285 g/mol. The Morgan fingerprint density at radius 1 is 1.19 bits per heavy atom. The van der Waals surface area contributed by atoms with Gasteiger partial charge in [-0.1, -0.05) is 12.8 Å². The Morgan fingerprint density at radius 2 is 1.86 bits per heavy atom. The standard InChI is InChI=1S/C16H19N3O2/c17-12-13-3-4-14(15(11-13)19(20)21)18-9-7-16(8-10-18)5-1-2-6-16/h3-4,11H,1-2,5-10H2. The van der Waals surface area contributed by atoms with E-state index in [1.54, 1.807) is 12.1 Å². The molecule has 3 rings (SSSR count). The summed E-state index contributed by atoms with van der Waals surface area (Å²) in [6.45, 7) is 1.76. The molecule has 5 nitrogen and oxygen atoms in total. The van der Waals surface area contributed by atoms with Crippen molar-refractivity contribution < 1.29 is 4.92 Å². The Labute approximate surface area is 124 Å². The zero-order valence-corrected chi connectivity index (χ0v) is 12.0. The average Bonchev–Trinajstić information content (AvgIpc) is 2.96. The number of nitro benzene ring substituents is 1. The van der Waals surface area contributed by atoms with Gasteiger partial charge >= 0.3 is 0 Å². The highest BCUT2D eigenvalue weighted by atomic mass is 16.6. The van der Waals surface area contributed by atoms with E-state index in [1.807, 2.05) is 6.07 Å². The van der Waals surface area contributed by atoms with Crippen LogP contribution in [0.2, 0.25) is 0 Å². The lowest BCUT2D eigenvalue weighted by atomic mass is 9.77. The van der Waals surface area contributed by atoms with E-state index in [0.717, 1.165) is 25.9 Å². The number of nitrogens with zero attached hydrogens (tertiary/aromatic N) is 3. The van der Waals surface area contributed by atoms with Crippen LogP contribution < -0.4 is 4.90 Å². The lowest BCUT2D eigenvalue weighted by Crippen LogP contribution is -2.39. The second-order valence-electron chi connectivity index (χ2n) is 6.27. The predicted octanol–water partition coefficient (Wildman–Crippen LogP) is 3.63. The molecule has 1 aromatic rings. The van der Waals surface area contributed by atoms with Gasteiger partial charge in [0.1, 0.15) is 5.69 Å². The molecule has 1 spiro atoms. The van der Waals surface area contributed by atoms with Crippen LogP contribution in [0.5, 0.6) is 0 Å². The number of hydrogen-bond acceptors (Lipinski definition) is 4. The lowest BCUT2D eigenvalue weighted by molar-refractivity contribution is -0.384. The smallest absolute Gasteiger partial charge is 0.293 e. The molecule has 0 bridgehead atoms. The molecule has 1 aliphatic heterocycles. The molecule has 0 N–H and O–H groups in total. The Morgan fingerprint density at radius 3 is 2.43 bits per heavy atom. The molecule has 110 valence electrons. The highest BCUT2D eigenvalue weighted by Crippen LogP contribution is 2.47. The van der Waals surface area contributed by atoms with E-state index < -0.39 is 0 Å². The van der Waals surface area contributed by atoms with Gasteiger partial charge in [-0.2, -0.15) is 5.26 Å². The summed E-state index contributed by atoms with van der Waals surface area (Å²) >= 11 is 0. The van der Waals surface area contributed by atoms with Gasteiger partial charge in [0, 0.05) is 19.2 Å². The Balaban J connectivity index is 1.82. The van der Waals surface area contributed by atoms with Crippen molar-refractivity contribution in [3.8, 4) is 6.07 Å². The molecule has 21 heavy (non-hydrogen) atoms. The second kappa shape index (κ2) is 5.36. The molecule has 1 aliphatic carbocycles. The van der Waals surface area contributed by atoms with Crippen molar-refractivity contribution in [3.05, 3.63) is 33.9 Å². The second-order valence-corrected chi connectivity index (χ2v) is 6.27. The minimum absolute atomic E-state index is 0.0522. The van der Waals surface area contributed by atoms with E-state index in [4.69, 9.17) is 5.26 Å². The molecule has 2 fully saturated rings. The van der Waals surface area contributed by atoms with Crippen LogP contribution in [0, 0.1) is 26.9 Å². The van der Waals surface area contributed by atoms with Crippen LogP contribution in [0.4, 0.5) is 11.4 Å². The zero-order chi connectivity index (χ0) is 14.9. The fourth-order valence-corrected chi connectivity index (χ4v) is 3.85. The Bertz CT molecular complexity index is 590. The normalized spacial score (nSPS) is 20.4. The largest absolute Gasteiger partial charge is 0.366 e. The summed E-state index contributed by atoms with van der Waals surface area (Å²) < 4.78 is 0. The van der Waals surface area contributed by atoms with Crippen molar-refractivity contribution in [3.63, 3.8) is 0 Å². The van der Waals surface area contributed by atoms with Crippen LogP contribution in [0.3, 0.4) is 0 Å². The third-order valence-corrected chi connectivity index (χ3v) is 5.13. The van der Waals surface area contributed by atoms with Crippen LogP contribution in [0.1, 0.15) is 44.1 Å². The lowest BCUT2D eigenvalue weighted by Gasteiger charge is -2.40. The summed E-state index contributed by atoms with van der Waals surface area (Å²) in [5.74, 6) is 0. The molecule has 1 saturated carbocycles. The first-order valence-electron chi connectivity index (χ1n) is 7.57. The maximum atomic E-state index is 11.3. The van der Waals surface area contributed by atoms with E-state index in [2.05, 4.69) is 4.90 Å². The third kappa shape index (κ3) is 2.58. The van der Waals surface area contributed by atoms with Crippen molar-refractivity contribution in [2.24, 2.45) is 5.41 Å². The molecule has 0 aromatic heterocycles. The van der Waals surface area contributed by atoms with Gasteiger partial charge in [-0.3, -0.25) is 10.1 Å². The molecule has 2 aliphatic rings. The molecule has 1 aromatic carbocycles. The van der Waals surface area contributed by atoms with Crippen molar-refractivity contribution in [2.45, 2.75) is 38.5 Å². The van der Waals surface area contributed by atoms with Gasteiger partial charge in [-0.05, 0) is 43.2 Å². The van der Waals surface area contributed by atoms with Gasteiger partial charge in [0.25, 0.3) is 5.69 Å². The highest BCUT2D eigenvalue weighted by Gasteiger charge is 2.37. The molecule has 0 radical (unpaired) electrons. The summed E-state index contributed by atoms with van der Waals surface area (Å²) in [4.78, 5) is 13.0. The first kappa shape index (κ1) is 13.9. The Kier molecular flexibility index (Phi) is 3.54. The summed E-state index contributed by atoms with van der Waals surface area (Å²) in [6, 6.07) is 6.75. The van der Waals surface area contributed by atoms with Gasteiger partial charge in [-0.15, -0.1) is 0 Å². The van der Waals surface area contributed by atoms with Crippen molar-refractivity contribution in [1.82, 2.24) is 0 Å². The van der Waals surface area contributed by atoms with E-state index in [-0.39, 0.29) is 10.6 Å². The minimum Gasteiger partial charge on any atom is -0.366 e. The van der Waals surface area contributed by atoms with E-state index in [9.17, 15) is 10.1 Å². The average molecular weight is 285 g/mol. The van der Waals surface area contributed by atoms with Crippen LogP contribution >= 0.6 is 0 Å². The molecule has 1 saturated heterocycles. The topological polar surface area (TPSA) is 70.2 Å². The van der Waals surface area contributed by atoms with Gasteiger partial charge < -0.3 is 4.90 Å². The summed E-state index contributed by atoms with van der Waals surface area (Å²) in [5, 5.41) is 20.1. The number of rotatable bonds is 2. The van der Waals surface area contributed by atoms with Gasteiger partial charge in [0.2, 0.25) is 0 Å². The molecule has 0 unspecified atom stereocenters. The molecule has 0 amide bonds. The number of benzene rings is 1.